The number of hydrogen-bond donors (Lipinski definition) is 1. The largest absolute Gasteiger partial charge is 0.477 e. The van der Waals surface area contributed by atoms with Gasteiger partial charge in [-0.3, -0.25) is 14.9 Å². The van der Waals surface area contributed by atoms with E-state index in [2.05, 4.69) is 19.2 Å². The van der Waals surface area contributed by atoms with Crippen LogP contribution in [0.4, 0.5) is 5.69 Å². The standard InChI is InChI=1S/C17H24N2O4/c1-11-7-8-16(15(9-11)19(21)22)23-10-17(20)18-14-6-4-5-12(2)13(14)3/h7-9,12-14H,4-6,10H2,1-3H3,(H,18,20)/t12-,13-,14-/m0/s1. The van der Waals surface area contributed by atoms with E-state index >= 15 is 0 Å². The summed E-state index contributed by atoms with van der Waals surface area (Å²) in [6.07, 6.45) is 3.28. The van der Waals surface area contributed by atoms with Crippen LogP contribution in [0.5, 0.6) is 5.75 Å². The third kappa shape index (κ3) is 4.43. The molecule has 0 aromatic heterocycles. The first-order valence-corrected chi connectivity index (χ1v) is 8.05. The number of benzene rings is 1. The summed E-state index contributed by atoms with van der Waals surface area (Å²) in [5.74, 6) is 0.918. The Morgan fingerprint density at radius 1 is 1.39 bits per heavy atom. The SMILES string of the molecule is Cc1ccc(OCC(=O)N[C@H]2CCC[C@H](C)[C@@H]2C)c([N+](=O)[O-])c1. The van der Waals surface area contributed by atoms with Gasteiger partial charge in [0, 0.05) is 12.1 Å². The normalized spacial score (nSPS) is 24.0. The second-order valence-corrected chi connectivity index (χ2v) is 6.46. The molecule has 1 amide bonds. The molecule has 0 unspecified atom stereocenters. The van der Waals surface area contributed by atoms with E-state index in [0.29, 0.717) is 11.8 Å². The first-order valence-electron chi connectivity index (χ1n) is 8.05. The summed E-state index contributed by atoms with van der Waals surface area (Å²) in [5.41, 5.74) is 0.663. The van der Waals surface area contributed by atoms with Gasteiger partial charge in [-0.25, -0.2) is 0 Å². The topological polar surface area (TPSA) is 81.5 Å². The molecule has 0 spiro atoms. The van der Waals surface area contributed by atoms with Gasteiger partial charge in [0.25, 0.3) is 5.91 Å². The van der Waals surface area contributed by atoms with E-state index in [1.54, 1.807) is 13.0 Å². The molecule has 1 aliphatic rings. The van der Waals surface area contributed by atoms with Crippen molar-refractivity contribution in [1.29, 1.82) is 0 Å². The average molecular weight is 320 g/mol. The minimum Gasteiger partial charge on any atom is -0.477 e. The predicted octanol–water partition coefficient (Wildman–Crippen LogP) is 3.22. The second-order valence-electron chi connectivity index (χ2n) is 6.46. The molecule has 126 valence electrons. The Hall–Kier alpha value is -2.11. The van der Waals surface area contributed by atoms with Crippen molar-refractivity contribution in [3.05, 3.63) is 33.9 Å². The average Bonchev–Trinajstić information content (AvgIpc) is 2.50. The lowest BCUT2D eigenvalue weighted by molar-refractivity contribution is -0.385. The molecule has 1 saturated carbocycles. The van der Waals surface area contributed by atoms with Crippen LogP contribution < -0.4 is 10.1 Å². The summed E-state index contributed by atoms with van der Waals surface area (Å²) in [6, 6.07) is 4.86. The number of carbonyl (C=O) groups is 1. The highest BCUT2D eigenvalue weighted by molar-refractivity contribution is 5.78. The summed E-state index contributed by atoms with van der Waals surface area (Å²) < 4.78 is 5.37. The Balaban J connectivity index is 1.93. The lowest BCUT2D eigenvalue weighted by Crippen LogP contribution is -2.45. The number of nitrogens with zero attached hydrogens (tertiary/aromatic N) is 1. The van der Waals surface area contributed by atoms with Crippen molar-refractivity contribution >= 4 is 11.6 Å². The number of aryl methyl sites for hydroxylation is 1. The maximum Gasteiger partial charge on any atom is 0.311 e. The van der Waals surface area contributed by atoms with Crippen molar-refractivity contribution in [2.45, 2.75) is 46.1 Å². The molecule has 0 bridgehead atoms. The maximum atomic E-state index is 12.1. The van der Waals surface area contributed by atoms with Gasteiger partial charge in [-0.2, -0.15) is 0 Å². The Bertz CT molecular complexity index is 588. The molecule has 0 aliphatic heterocycles. The van der Waals surface area contributed by atoms with Crippen LogP contribution in [-0.4, -0.2) is 23.5 Å². The number of nitro benzene ring substituents is 1. The molecule has 1 aromatic carbocycles. The van der Waals surface area contributed by atoms with E-state index in [1.165, 1.54) is 18.6 Å². The fraction of sp³-hybridized carbons (Fsp3) is 0.588. The Kier molecular flexibility index (Phi) is 5.58. The van der Waals surface area contributed by atoms with Crippen LogP contribution in [0.1, 0.15) is 38.7 Å². The zero-order chi connectivity index (χ0) is 17.0. The highest BCUT2D eigenvalue weighted by Crippen LogP contribution is 2.30. The number of rotatable bonds is 5. The predicted molar refractivity (Wildman–Crippen MR) is 87.4 cm³/mol. The first kappa shape index (κ1) is 17.2. The number of carbonyl (C=O) groups excluding carboxylic acids is 1. The van der Waals surface area contributed by atoms with Crippen LogP contribution in [0.15, 0.2) is 18.2 Å². The molecule has 0 heterocycles. The smallest absolute Gasteiger partial charge is 0.311 e. The van der Waals surface area contributed by atoms with Crippen molar-refractivity contribution < 1.29 is 14.5 Å². The number of amides is 1. The Labute approximate surface area is 136 Å². The fourth-order valence-corrected chi connectivity index (χ4v) is 3.07. The van der Waals surface area contributed by atoms with Gasteiger partial charge >= 0.3 is 5.69 Å². The zero-order valence-electron chi connectivity index (χ0n) is 13.9. The molecule has 0 saturated heterocycles. The minimum atomic E-state index is -0.495. The summed E-state index contributed by atoms with van der Waals surface area (Å²) in [6.45, 7) is 5.92. The van der Waals surface area contributed by atoms with Crippen LogP contribution in [-0.2, 0) is 4.79 Å². The monoisotopic (exact) mass is 320 g/mol. The molecule has 2 rings (SSSR count). The summed E-state index contributed by atoms with van der Waals surface area (Å²) in [4.78, 5) is 22.6. The Morgan fingerprint density at radius 2 is 2.13 bits per heavy atom. The number of nitrogens with one attached hydrogen (secondary N) is 1. The molecule has 3 atom stereocenters. The quantitative estimate of drug-likeness (QED) is 0.667. The first-order chi connectivity index (χ1) is 10.9. The molecule has 1 aliphatic carbocycles. The van der Waals surface area contributed by atoms with Gasteiger partial charge in [-0.15, -0.1) is 0 Å². The van der Waals surface area contributed by atoms with Crippen molar-refractivity contribution in [2.24, 2.45) is 11.8 Å². The molecule has 1 fully saturated rings. The number of hydrogen-bond acceptors (Lipinski definition) is 4. The molecular weight excluding hydrogens is 296 g/mol. The fourth-order valence-electron chi connectivity index (χ4n) is 3.07. The number of ether oxygens (including phenoxy) is 1. The van der Waals surface area contributed by atoms with Gasteiger partial charge in [0.2, 0.25) is 0 Å². The van der Waals surface area contributed by atoms with E-state index in [9.17, 15) is 14.9 Å². The minimum absolute atomic E-state index is 0.113. The van der Waals surface area contributed by atoms with Crippen LogP contribution in [0.3, 0.4) is 0 Å². The van der Waals surface area contributed by atoms with Crippen molar-refractivity contribution in [3.8, 4) is 5.75 Å². The summed E-state index contributed by atoms with van der Waals surface area (Å²) >= 11 is 0. The van der Waals surface area contributed by atoms with Gasteiger partial charge in [-0.1, -0.05) is 32.8 Å². The van der Waals surface area contributed by atoms with Gasteiger partial charge in [-0.05, 0) is 36.8 Å². The third-order valence-corrected chi connectivity index (χ3v) is 4.72. The summed E-state index contributed by atoms with van der Waals surface area (Å²) in [5, 5.41) is 14.0. The lowest BCUT2D eigenvalue weighted by Gasteiger charge is -2.34. The number of nitro groups is 1. The van der Waals surface area contributed by atoms with Gasteiger partial charge in [0.1, 0.15) is 0 Å². The van der Waals surface area contributed by atoms with Crippen LogP contribution in [0.2, 0.25) is 0 Å². The third-order valence-electron chi connectivity index (χ3n) is 4.72. The van der Waals surface area contributed by atoms with Crippen molar-refractivity contribution in [3.63, 3.8) is 0 Å². The van der Waals surface area contributed by atoms with Gasteiger partial charge in [0.05, 0.1) is 4.92 Å². The molecule has 1 N–H and O–H groups in total. The van der Waals surface area contributed by atoms with Crippen molar-refractivity contribution in [1.82, 2.24) is 5.32 Å². The van der Waals surface area contributed by atoms with E-state index in [1.807, 2.05) is 0 Å². The van der Waals surface area contributed by atoms with Gasteiger partial charge < -0.3 is 10.1 Å². The van der Waals surface area contributed by atoms with Crippen LogP contribution >= 0.6 is 0 Å². The highest BCUT2D eigenvalue weighted by Gasteiger charge is 2.28. The van der Waals surface area contributed by atoms with Crippen LogP contribution in [0, 0.1) is 28.9 Å². The highest BCUT2D eigenvalue weighted by atomic mass is 16.6. The van der Waals surface area contributed by atoms with Crippen LogP contribution in [0.25, 0.3) is 0 Å². The van der Waals surface area contributed by atoms with E-state index in [4.69, 9.17) is 4.74 Å². The molecule has 23 heavy (non-hydrogen) atoms. The Morgan fingerprint density at radius 3 is 2.83 bits per heavy atom. The molecule has 6 heteroatoms. The second kappa shape index (κ2) is 7.44. The zero-order valence-corrected chi connectivity index (χ0v) is 13.9. The van der Waals surface area contributed by atoms with E-state index < -0.39 is 4.92 Å². The molecular formula is C17H24N2O4. The van der Waals surface area contributed by atoms with E-state index in [-0.39, 0.29) is 30.0 Å². The molecule has 1 aromatic rings. The molecule has 0 radical (unpaired) electrons. The lowest BCUT2D eigenvalue weighted by atomic mass is 9.78. The van der Waals surface area contributed by atoms with E-state index in [0.717, 1.165) is 18.4 Å². The molecule has 6 nitrogen and oxygen atoms in total. The van der Waals surface area contributed by atoms with Gasteiger partial charge in [0.15, 0.2) is 12.4 Å². The maximum absolute atomic E-state index is 12.1. The summed E-state index contributed by atoms with van der Waals surface area (Å²) in [7, 11) is 0. The van der Waals surface area contributed by atoms with Crippen molar-refractivity contribution in [2.75, 3.05) is 6.61 Å².